The Morgan fingerprint density at radius 3 is 2.46 bits per heavy atom. The molecule has 0 atom stereocenters. The first-order valence-corrected chi connectivity index (χ1v) is 5.64. The van der Waals surface area contributed by atoms with Gasteiger partial charge in [-0.3, -0.25) is 0 Å². The highest BCUT2D eigenvalue weighted by Crippen LogP contribution is 2.33. The maximum absolute atomic E-state index is 11.1. The number of rotatable bonds is 1. The molecule has 0 aliphatic carbocycles. The van der Waals surface area contributed by atoms with Crippen molar-refractivity contribution in [3.8, 4) is 5.75 Å². The normalized spacial score (nSPS) is 11.6. The van der Waals surface area contributed by atoms with E-state index < -0.39 is 15.6 Å². The highest BCUT2D eigenvalue weighted by molar-refractivity contribution is 7.90. The van der Waals surface area contributed by atoms with Gasteiger partial charge in [0.2, 0.25) is 0 Å². The SMILES string of the molecule is [CH2]c1ccc(S(C)(=O)=O)c(O)c1Cl. The van der Waals surface area contributed by atoms with E-state index in [4.69, 9.17) is 11.6 Å². The lowest BCUT2D eigenvalue weighted by Crippen LogP contribution is -1.98. The van der Waals surface area contributed by atoms with Gasteiger partial charge in [-0.05, 0) is 18.6 Å². The summed E-state index contributed by atoms with van der Waals surface area (Å²) in [5, 5.41) is 9.34. The average Bonchev–Trinajstić information content (AvgIpc) is 1.98. The van der Waals surface area contributed by atoms with E-state index >= 15 is 0 Å². The van der Waals surface area contributed by atoms with Crippen molar-refractivity contribution in [3.63, 3.8) is 0 Å². The molecule has 0 aromatic heterocycles. The van der Waals surface area contributed by atoms with Crippen LogP contribution in [0.1, 0.15) is 5.56 Å². The van der Waals surface area contributed by atoms with Gasteiger partial charge in [0, 0.05) is 6.26 Å². The van der Waals surface area contributed by atoms with Crippen LogP contribution in [0.25, 0.3) is 0 Å². The van der Waals surface area contributed by atoms with Crippen molar-refractivity contribution in [1.29, 1.82) is 0 Å². The summed E-state index contributed by atoms with van der Waals surface area (Å²) >= 11 is 5.61. The zero-order valence-corrected chi connectivity index (χ0v) is 8.48. The Balaban J connectivity index is 3.53. The molecule has 1 rings (SSSR count). The molecular weight excluding hydrogens is 212 g/mol. The van der Waals surface area contributed by atoms with Crippen LogP contribution in [-0.2, 0) is 9.84 Å². The number of hydrogen-bond acceptors (Lipinski definition) is 3. The zero-order valence-electron chi connectivity index (χ0n) is 6.91. The van der Waals surface area contributed by atoms with Gasteiger partial charge >= 0.3 is 0 Å². The molecule has 0 aliphatic heterocycles. The van der Waals surface area contributed by atoms with Crippen LogP contribution in [0.5, 0.6) is 5.75 Å². The van der Waals surface area contributed by atoms with Crippen LogP contribution in [0.15, 0.2) is 17.0 Å². The molecule has 1 N–H and O–H groups in total. The smallest absolute Gasteiger partial charge is 0.179 e. The average molecular weight is 220 g/mol. The molecule has 71 valence electrons. The van der Waals surface area contributed by atoms with E-state index in [-0.39, 0.29) is 9.92 Å². The Morgan fingerprint density at radius 1 is 1.46 bits per heavy atom. The maximum Gasteiger partial charge on any atom is 0.179 e. The molecule has 1 aromatic rings. The summed E-state index contributed by atoms with van der Waals surface area (Å²) in [7, 11) is -3.43. The van der Waals surface area contributed by atoms with Crippen LogP contribution >= 0.6 is 11.6 Å². The second-order valence-corrected chi connectivity index (χ2v) is 5.02. The summed E-state index contributed by atoms with van der Waals surface area (Å²) in [6.07, 6.45) is 1.00. The minimum Gasteiger partial charge on any atom is -0.505 e. The van der Waals surface area contributed by atoms with E-state index in [1.807, 2.05) is 0 Å². The van der Waals surface area contributed by atoms with Gasteiger partial charge in [-0.1, -0.05) is 17.7 Å². The summed E-state index contributed by atoms with van der Waals surface area (Å²) in [6.45, 7) is 3.52. The van der Waals surface area contributed by atoms with E-state index in [2.05, 4.69) is 6.92 Å². The summed E-state index contributed by atoms with van der Waals surface area (Å²) in [5.74, 6) is -0.434. The highest BCUT2D eigenvalue weighted by Gasteiger charge is 2.16. The van der Waals surface area contributed by atoms with Crippen LogP contribution in [0.2, 0.25) is 5.02 Å². The molecule has 0 heterocycles. The highest BCUT2D eigenvalue weighted by atomic mass is 35.5. The topological polar surface area (TPSA) is 54.4 Å². The molecule has 0 fully saturated rings. The van der Waals surface area contributed by atoms with Crippen molar-refractivity contribution in [2.75, 3.05) is 6.26 Å². The van der Waals surface area contributed by atoms with Gasteiger partial charge in [-0.25, -0.2) is 8.42 Å². The quantitative estimate of drug-likeness (QED) is 0.781. The third-order valence-electron chi connectivity index (χ3n) is 1.56. The van der Waals surface area contributed by atoms with Gasteiger partial charge in [0.25, 0.3) is 0 Å². The maximum atomic E-state index is 11.1. The molecule has 5 heteroatoms. The van der Waals surface area contributed by atoms with Crippen LogP contribution in [0, 0.1) is 6.92 Å². The minimum absolute atomic E-state index is 0.0251. The second kappa shape index (κ2) is 3.20. The van der Waals surface area contributed by atoms with Gasteiger partial charge < -0.3 is 5.11 Å². The van der Waals surface area contributed by atoms with Crippen LogP contribution in [0.3, 0.4) is 0 Å². The molecular formula is C8H8ClO3S. The van der Waals surface area contributed by atoms with Crippen molar-refractivity contribution >= 4 is 21.4 Å². The van der Waals surface area contributed by atoms with E-state index in [9.17, 15) is 13.5 Å². The fourth-order valence-electron chi connectivity index (χ4n) is 0.888. The molecule has 13 heavy (non-hydrogen) atoms. The fraction of sp³-hybridized carbons (Fsp3) is 0.125. The summed E-state index contributed by atoms with van der Waals surface area (Å²) in [6, 6.07) is 2.72. The lowest BCUT2D eigenvalue weighted by molar-refractivity contribution is 0.459. The van der Waals surface area contributed by atoms with Crippen LogP contribution in [0.4, 0.5) is 0 Å². The monoisotopic (exact) mass is 219 g/mol. The number of benzene rings is 1. The third kappa shape index (κ3) is 1.95. The van der Waals surface area contributed by atoms with Gasteiger partial charge in [0.15, 0.2) is 15.6 Å². The molecule has 3 nitrogen and oxygen atoms in total. The lowest BCUT2D eigenvalue weighted by atomic mass is 10.2. The number of aromatic hydroxyl groups is 1. The Labute approximate surface area is 81.9 Å². The first kappa shape index (κ1) is 10.3. The largest absolute Gasteiger partial charge is 0.505 e. The molecule has 0 unspecified atom stereocenters. The second-order valence-electron chi connectivity index (χ2n) is 2.66. The Hall–Kier alpha value is -0.740. The lowest BCUT2D eigenvalue weighted by Gasteiger charge is -2.05. The first-order chi connectivity index (χ1) is 5.84. The third-order valence-corrected chi connectivity index (χ3v) is 3.11. The standard InChI is InChI=1S/C8H8ClO3S/c1-5-3-4-6(13(2,11)12)8(10)7(5)9/h3-4,10H,1H2,2H3. The van der Waals surface area contributed by atoms with Crippen molar-refractivity contribution in [3.05, 3.63) is 29.6 Å². The molecule has 1 aromatic carbocycles. The van der Waals surface area contributed by atoms with Crippen molar-refractivity contribution in [2.45, 2.75) is 4.90 Å². The fourth-order valence-corrected chi connectivity index (χ4v) is 1.88. The van der Waals surface area contributed by atoms with E-state index in [0.717, 1.165) is 6.26 Å². The first-order valence-electron chi connectivity index (χ1n) is 3.37. The number of phenols is 1. The van der Waals surface area contributed by atoms with Crippen LogP contribution in [-0.4, -0.2) is 19.8 Å². The molecule has 1 radical (unpaired) electrons. The van der Waals surface area contributed by atoms with Gasteiger partial charge in [-0.2, -0.15) is 0 Å². The molecule has 0 bridgehead atoms. The van der Waals surface area contributed by atoms with E-state index in [1.165, 1.54) is 12.1 Å². The van der Waals surface area contributed by atoms with Gasteiger partial charge in [0.05, 0.1) is 5.02 Å². The predicted molar refractivity (Wildman–Crippen MR) is 50.7 cm³/mol. The number of phenolic OH excluding ortho intramolecular Hbond substituents is 1. The summed E-state index contributed by atoms with van der Waals surface area (Å²) < 4.78 is 22.2. The number of sulfone groups is 1. The van der Waals surface area contributed by atoms with E-state index in [1.54, 1.807) is 0 Å². The molecule has 0 amide bonds. The summed E-state index contributed by atoms with van der Waals surface area (Å²) in [4.78, 5) is -0.176. The minimum atomic E-state index is -3.43. The van der Waals surface area contributed by atoms with Crippen LogP contribution < -0.4 is 0 Å². The Kier molecular flexibility index (Phi) is 2.54. The molecule has 0 spiro atoms. The zero-order chi connectivity index (χ0) is 10.2. The van der Waals surface area contributed by atoms with Gasteiger partial charge in [0.1, 0.15) is 4.90 Å². The van der Waals surface area contributed by atoms with Crippen molar-refractivity contribution in [2.24, 2.45) is 0 Å². The van der Waals surface area contributed by atoms with E-state index in [0.29, 0.717) is 5.56 Å². The molecule has 0 saturated heterocycles. The van der Waals surface area contributed by atoms with Gasteiger partial charge in [-0.15, -0.1) is 0 Å². The molecule has 0 aliphatic rings. The summed E-state index contributed by atoms with van der Waals surface area (Å²) in [5.41, 5.74) is 0.395. The predicted octanol–water partition coefficient (Wildman–Crippen LogP) is 1.63. The number of halogens is 1. The Bertz CT molecular complexity index is 437. The molecule has 0 saturated carbocycles. The van der Waals surface area contributed by atoms with Crippen molar-refractivity contribution < 1.29 is 13.5 Å². The number of hydrogen-bond donors (Lipinski definition) is 1. The van der Waals surface area contributed by atoms with Crippen molar-refractivity contribution in [1.82, 2.24) is 0 Å². The Morgan fingerprint density at radius 2 is 2.00 bits per heavy atom.